The van der Waals surface area contributed by atoms with E-state index in [1.165, 1.54) is 18.2 Å². The number of anilines is 1. The summed E-state index contributed by atoms with van der Waals surface area (Å²) >= 11 is 5.87. The van der Waals surface area contributed by atoms with Gasteiger partial charge in [0.05, 0.1) is 10.7 Å². The molecule has 17 heavy (non-hydrogen) atoms. The molecule has 0 unspecified atom stereocenters. The van der Waals surface area contributed by atoms with E-state index >= 15 is 0 Å². The van der Waals surface area contributed by atoms with Crippen molar-refractivity contribution in [3.63, 3.8) is 0 Å². The van der Waals surface area contributed by atoms with Crippen molar-refractivity contribution in [3.8, 4) is 0 Å². The summed E-state index contributed by atoms with van der Waals surface area (Å²) < 4.78 is 12.9. The quantitative estimate of drug-likeness (QED) is 0.737. The molecule has 3 nitrogen and oxygen atoms in total. The fourth-order valence-corrected chi connectivity index (χ4v) is 1.62. The van der Waals surface area contributed by atoms with Gasteiger partial charge in [-0.05, 0) is 31.0 Å². The van der Waals surface area contributed by atoms with E-state index in [4.69, 9.17) is 16.7 Å². The van der Waals surface area contributed by atoms with Gasteiger partial charge in [0.1, 0.15) is 5.82 Å². The molecule has 0 atom stereocenters. The first-order chi connectivity index (χ1) is 8.09. The van der Waals surface area contributed by atoms with E-state index in [2.05, 4.69) is 5.32 Å². The van der Waals surface area contributed by atoms with E-state index in [1.807, 2.05) is 0 Å². The average molecular weight is 260 g/mol. The van der Waals surface area contributed by atoms with Gasteiger partial charge in [-0.25, -0.2) is 4.39 Å². The standard InChI is InChI=1S/C12H15ClFNO2/c13-10-6-5-9(14)8-11(10)15-7-3-1-2-4-12(16)17/h5-6,8,15H,1-4,7H2,(H,16,17). The minimum absolute atomic E-state index is 0.195. The topological polar surface area (TPSA) is 49.3 Å². The fraction of sp³-hybridized carbons (Fsp3) is 0.417. The molecule has 0 spiro atoms. The zero-order valence-electron chi connectivity index (χ0n) is 9.38. The van der Waals surface area contributed by atoms with Gasteiger partial charge in [0, 0.05) is 13.0 Å². The van der Waals surface area contributed by atoms with Gasteiger partial charge in [-0.1, -0.05) is 18.0 Å². The summed E-state index contributed by atoms with van der Waals surface area (Å²) in [4.78, 5) is 10.3. The highest BCUT2D eigenvalue weighted by atomic mass is 35.5. The molecule has 0 amide bonds. The molecule has 0 aliphatic heterocycles. The number of carboxylic acid groups (broad SMARTS) is 1. The van der Waals surface area contributed by atoms with E-state index < -0.39 is 5.97 Å². The second kappa shape index (κ2) is 7.12. The number of unbranched alkanes of at least 4 members (excludes halogenated alkanes) is 2. The van der Waals surface area contributed by atoms with Crippen molar-refractivity contribution in [1.29, 1.82) is 0 Å². The summed E-state index contributed by atoms with van der Waals surface area (Å²) in [5, 5.41) is 11.9. The van der Waals surface area contributed by atoms with E-state index in [0.29, 0.717) is 23.7 Å². The molecule has 0 radical (unpaired) electrons. The monoisotopic (exact) mass is 259 g/mol. The average Bonchev–Trinajstić information content (AvgIpc) is 2.27. The normalized spacial score (nSPS) is 10.2. The van der Waals surface area contributed by atoms with Gasteiger partial charge in [0.15, 0.2) is 0 Å². The van der Waals surface area contributed by atoms with Gasteiger partial charge in [0.25, 0.3) is 0 Å². The third-order valence-electron chi connectivity index (χ3n) is 2.31. The SMILES string of the molecule is O=C(O)CCCCCNc1cc(F)ccc1Cl. The molecule has 0 saturated heterocycles. The molecule has 0 heterocycles. The first-order valence-corrected chi connectivity index (χ1v) is 5.88. The Labute approximate surface area is 105 Å². The maximum Gasteiger partial charge on any atom is 0.303 e. The molecule has 2 N–H and O–H groups in total. The molecule has 94 valence electrons. The number of benzene rings is 1. The van der Waals surface area contributed by atoms with Crippen LogP contribution in [0, 0.1) is 5.82 Å². The number of rotatable bonds is 7. The second-order valence-electron chi connectivity index (χ2n) is 3.76. The lowest BCUT2D eigenvalue weighted by Crippen LogP contribution is -2.03. The maximum absolute atomic E-state index is 12.9. The zero-order chi connectivity index (χ0) is 12.7. The number of nitrogens with one attached hydrogen (secondary N) is 1. The molecule has 0 bridgehead atoms. The highest BCUT2D eigenvalue weighted by Gasteiger charge is 2.01. The van der Waals surface area contributed by atoms with Crippen LogP contribution in [0.15, 0.2) is 18.2 Å². The lowest BCUT2D eigenvalue weighted by molar-refractivity contribution is -0.137. The molecule has 0 aromatic heterocycles. The van der Waals surface area contributed by atoms with Gasteiger partial charge >= 0.3 is 5.97 Å². The van der Waals surface area contributed by atoms with Gasteiger partial charge in [0.2, 0.25) is 0 Å². The Balaban J connectivity index is 2.22. The van der Waals surface area contributed by atoms with Crippen LogP contribution in [-0.2, 0) is 4.79 Å². The van der Waals surface area contributed by atoms with Crippen molar-refractivity contribution >= 4 is 23.3 Å². The predicted molar refractivity (Wildman–Crippen MR) is 66.0 cm³/mol. The smallest absolute Gasteiger partial charge is 0.303 e. The fourth-order valence-electron chi connectivity index (χ4n) is 1.43. The number of carboxylic acids is 1. The van der Waals surface area contributed by atoms with Crippen molar-refractivity contribution in [1.82, 2.24) is 0 Å². The molecule has 1 aromatic carbocycles. The number of carbonyl (C=O) groups is 1. The summed E-state index contributed by atoms with van der Waals surface area (Å²) in [6.07, 6.45) is 2.51. The lowest BCUT2D eigenvalue weighted by atomic mass is 10.2. The molecule has 1 rings (SSSR count). The third-order valence-corrected chi connectivity index (χ3v) is 2.64. The van der Waals surface area contributed by atoms with Crippen molar-refractivity contribution in [2.24, 2.45) is 0 Å². The first kappa shape index (κ1) is 13.8. The van der Waals surface area contributed by atoms with Crippen LogP contribution < -0.4 is 5.32 Å². The molecule has 5 heteroatoms. The van der Waals surface area contributed by atoms with Crippen LogP contribution in [0.25, 0.3) is 0 Å². The van der Waals surface area contributed by atoms with Crippen LogP contribution in [0.2, 0.25) is 5.02 Å². The summed E-state index contributed by atoms with van der Waals surface area (Å²) in [7, 11) is 0. The largest absolute Gasteiger partial charge is 0.481 e. The summed E-state index contributed by atoms with van der Waals surface area (Å²) in [5.41, 5.74) is 0.574. The van der Waals surface area contributed by atoms with E-state index in [1.54, 1.807) is 0 Å². The molecular formula is C12H15ClFNO2. The second-order valence-corrected chi connectivity index (χ2v) is 4.16. The Kier molecular flexibility index (Phi) is 5.77. The van der Waals surface area contributed by atoms with Crippen LogP contribution in [0.1, 0.15) is 25.7 Å². The molecule has 0 fully saturated rings. The van der Waals surface area contributed by atoms with Gasteiger partial charge in [-0.15, -0.1) is 0 Å². The maximum atomic E-state index is 12.9. The predicted octanol–water partition coefficient (Wildman–Crippen LogP) is 3.54. The van der Waals surface area contributed by atoms with Crippen LogP contribution in [-0.4, -0.2) is 17.6 Å². The third kappa shape index (κ3) is 5.54. The van der Waals surface area contributed by atoms with Gasteiger partial charge < -0.3 is 10.4 Å². The van der Waals surface area contributed by atoms with Crippen LogP contribution in [0.4, 0.5) is 10.1 Å². The molecule has 1 aromatic rings. The summed E-state index contributed by atoms with van der Waals surface area (Å²) in [6.45, 7) is 0.656. The zero-order valence-corrected chi connectivity index (χ0v) is 10.1. The van der Waals surface area contributed by atoms with E-state index in [-0.39, 0.29) is 12.2 Å². The Morgan fingerprint density at radius 1 is 1.35 bits per heavy atom. The lowest BCUT2D eigenvalue weighted by Gasteiger charge is -2.07. The summed E-state index contributed by atoms with van der Waals surface area (Å²) in [6, 6.07) is 4.16. The minimum atomic E-state index is -0.772. The minimum Gasteiger partial charge on any atom is -0.481 e. The van der Waals surface area contributed by atoms with Crippen molar-refractivity contribution < 1.29 is 14.3 Å². The Morgan fingerprint density at radius 3 is 2.82 bits per heavy atom. The number of hydrogen-bond acceptors (Lipinski definition) is 2. The number of aliphatic carboxylic acids is 1. The molecular weight excluding hydrogens is 245 g/mol. The Hall–Kier alpha value is -1.29. The van der Waals surface area contributed by atoms with Gasteiger partial charge in [-0.2, -0.15) is 0 Å². The van der Waals surface area contributed by atoms with Crippen molar-refractivity contribution in [2.75, 3.05) is 11.9 Å². The molecule has 0 saturated carbocycles. The van der Waals surface area contributed by atoms with Crippen molar-refractivity contribution in [3.05, 3.63) is 29.0 Å². The van der Waals surface area contributed by atoms with Crippen molar-refractivity contribution in [2.45, 2.75) is 25.7 Å². The van der Waals surface area contributed by atoms with Crippen LogP contribution in [0.5, 0.6) is 0 Å². The van der Waals surface area contributed by atoms with E-state index in [0.717, 1.165) is 12.8 Å². The van der Waals surface area contributed by atoms with E-state index in [9.17, 15) is 9.18 Å². The highest BCUT2D eigenvalue weighted by molar-refractivity contribution is 6.33. The molecule has 0 aliphatic rings. The van der Waals surface area contributed by atoms with Crippen LogP contribution in [0.3, 0.4) is 0 Å². The Morgan fingerprint density at radius 2 is 2.12 bits per heavy atom. The number of hydrogen-bond donors (Lipinski definition) is 2. The summed E-state index contributed by atoms with van der Waals surface area (Å²) in [5.74, 6) is -1.10. The Bertz CT molecular complexity index is 385. The highest BCUT2D eigenvalue weighted by Crippen LogP contribution is 2.22. The van der Waals surface area contributed by atoms with Gasteiger partial charge in [-0.3, -0.25) is 4.79 Å². The van der Waals surface area contributed by atoms with Crippen LogP contribution >= 0.6 is 11.6 Å². The molecule has 0 aliphatic carbocycles. The number of halogens is 2. The first-order valence-electron chi connectivity index (χ1n) is 5.50.